The molecular formula is C14H24O. The summed E-state index contributed by atoms with van der Waals surface area (Å²) in [7, 11) is 0. The van der Waals surface area contributed by atoms with Gasteiger partial charge in [0.05, 0.1) is 0 Å². The van der Waals surface area contributed by atoms with Crippen LogP contribution in [-0.2, 0) is 4.79 Å². The van der Waals surface area contributed by atoms with E-state index in [9.17, 15) is 4.79 Å². The summed E-state index contributed by atoms with van der Waals surface area (Å²) in [5.41, 5.74) is -0.165. The first kappa shape index (κ1) is 12.5. The summed E-state index contributed by atoms with van der Waals surface area (Å²) >= 11 is 0. The van der Waals surface area contributed by atoms with Crippen LogP contribution in [0.1, 0.15) is 53.4 Å². The average Bonchev–Trinajstić information content (AvgIpc) is 2.18. The number of hydrogen-bond acceptors (Lipinski definition) is 1. The van der Waals surface area contributed by atoms with E-state index in [-0.39, 0.29) is 5.41 Å². The summed E-state index contributed by atoms with van der Waals surface area (Å²) in [6.45, 7) is 8.45. The highest BCUT2D eigenvalue weighted by molar-refractivity contribution is 5.84. The Balaban J connectivity index is 2.67. The Morgan fingerprint density at radius 2 is 2.13 bits per heavy atom. The van der Waals surface area contributed by atoms with Gasteiger partial charge in [0.2, 0.25) is 0 Å². The lowest BCUT2D eigenvalue weighted by Crippen LogP contribution is -2.33. The van der Waals surface area contributed by atoms with Crippen LogP contribution in [0.25, 0.3) is 0 Å². The monoisotopic (exact) mass is 208 g/mol. The fourth-order valence-electron chi connectivity index (χ4n) is 2.25. The Morgan fingerprint density at radius 1 is 1.47 bits per heavy atom. The van der Waals surface area contributed by atoms with Crippen molar-refractivity contribution in [2.75, 3.05) is 0 Å². The van der Waals surface area contributed by atoms with E-state index in [2.05, 4.69) is 39.8 Å². The molecule has 0 aromatic carbocycles. The van der Waals surface area contributed by atoms with E-state index in [0.717, 1.165) is 6.42 Å². The molecule has 0 aliphatic heterocycles. The largest absolute Gasteiger partial charge is 0.299 e. The Kier molecular flexibility index (Phi) is 4.12. The number of Topliss-reactive ketones (excluding diaryl/α,β-unsaturated/α-hetero) is 1. The topological polar surface area (TPSA) is 17.1 Å². The summed E-state index contributed by atoms with van der Waals surface area (Å²) < 4.78 is 0. The third-order valence-corrected chi connectivity index (χ3v) is 3.49. The summed E-state index contributed by atoms with van der Waals surface area (Å²) in [4.78, 5) is 12.1. The van der Waals surface area contributed by atoms with Gasteiger partial charge < -0.3 is 0 Å². The van der Waals surface area contributed by atoms with Gasteiger partial charge >= 0.3 is 0 Å². The SMILES string of the molecule is CC(C)CC(=O)C(C)(C)C1C=CCCC1. The second kappa shape index (κ2) is 4.96. The second-order valence-corrected chi connectivity index (χ2v) is 5.71. The number of allylic oxidation sites excluding steroid dienone is 2. The van der Waals surface area contributed by atoms with Gasteiger partial charge in [-0.05, 0) is 31.1 Å². The van der Waals surface area contributed by atoms with E-state index >= 15 is 0 Å². The summed E-state index contributed by atoms with van der Waals surface area (Å²) in [5, 5.41) is 0. The van der Waals surface area contributed by atoms with E-state index < -0.39 is 0 Å². The van der Waals surface area contributed by atoms with Gasteiger partial charge in [-0.3, -0.25) is 4.79 Å². The Bertz CT molecular complexity index is 248. The molecule has 1 rings (SSSR count). The zero-order chi connectivity index (χ0) is 11.5. The lowest BCUT2D eigenvalue weighted by Gasteiger charge is -2.33. The van der Waals surface area contributed by atoms with Crippen molar-refractivity contribution in [3.05, 3.63) is 12.2 Å². The van der Waals surface area contributed by atoms with Crippen molar-refractivity contribution >= 4 is 5.78 Å². The first-order valence-corrected chi connectivity index (χ1v) is 6.14. The zero-order valence-corrected chi connectivity index (χ0v) is 10.5. The lowest BCUT2D eigenvalue weighted by atomic mass is 9.70. The highest BCUT2D eigenvalue weighted by atomic mass is 16.1. The van der Waals surface area contributed by atoms with Crippen LogP contribution in [0.5, 0.6) is 0 Å². The van der Waals surface area contributed by atoms with Gasteiger partial charge in [0, 0.05) is 11.8 Å². The molecule has 0 N–H and O–H groups in total. The van der Waals surface area contributed by atoms with Crippen LogP contribution in [0.2, 0.25) is 0 Å². The Morgan fingerprint density at radius 3 is 2.60 bits per heavy atom. The molecule has 1 aliphatic rings. The van der Waals surface area contributed by atoms with Crippen LogP contribution in [0.3, 0.4) is 0 Å². The van der Waals surface area contributed by atoms with Crippen molar-refractivity contribution in [1.29, 1.82) is 0 Å². The molecule has 0 amide bonds. The van der Waals surface area contributed by atoms with E-state index in [1.807, 2.05) is 0 Å². The maximum Gasteiger partial charge on any atom is 0.139 e. The minimum atomic E-state index is -0.165. The third-order valence-electron chi connectivity index (χ3n) is 3.49. The minimum absolute atomic E-state index is 0.165. The molecular weight excluding hydrogens is 184 g/mol. The Hall–Kier alpha value is -0.590. The molecule has 0 spiro atoms. The van der Waals surface area contributed by atoms with Crippen molar-refractivity contribution in [2.24, 2.45) is 17.3 Å². The van der Waals surface area contributed by atoms with Crippen LogP contribution in [0.4, 0.5) is 0 Å². The molecule has 0 saturated carbocycles. The van der Waals surface area contributed by atoms with Gasteiger partial charge in [-0.15, -0.1) is 0 Å². The molecule has 0 heterocycles. The van der Waals surface area contributed by atoms with Crippen LogP contribution in [-0.4, -0.2) is 5.78 Å². The molecule has 0 radical (unpaired) electrons. The van der Waals surface area contributed by atoms with E-state index in [4.69, 9.17) is 0 Å². The van der Waals surface area contributed by atoms with Gasteiger partial charge in [0.25, 0.3) is 0 Å². The van der Waals surface area contributed by atoms with Crippen molar-refractivity contribution in [3.8, 4) is 0 Å². The van der Waals surface area contributed by atoms with E-state index in [1.165, 1.54) is 19.3 Å². The number of ketones is 1. The zero-order valence-electron chi connectivity index (χ0n) is 10.5. The fraction of sp³-hybridized carbons (Fsp3) is 0.786. The van der Waals surface area contributed by atoms with Crippen LogP contribution < -0.4 is 0 Å². The maximum absolute atomic E-state index is 12.1. The molecule has 1 heteroatoms. The normalized spacial score (nSPS) is 22.1. The first-order valence-electron chi connectivity index (χ1n) is 6.14. The van der Waals surface area contributed by atoms with Gasteiger partial charge in [0.15, 0.2) is 0 Å². The van der Waals surface area contributed by atoms with Crippen molar-refractivity contribution in [3.63, 3.8) is 0 Å². The highest BCUT2D eigenvalue weighted by Crippen LogP contribution is 2.36. The molecule has 15 heavy (non-hydrogen) atoms. The van der Waals surface area contributed by atoms with Gasteiger partial charge in [-0.25, -0.2) is 0 Å². The quantitative estimate of drug-likeness (QED) is 0.639. The van der Waals surface area contributed by atoms with Crippen LogP contribution in [0, 0.1) is 17.3 Å². The predicted octanol–water partition coefficient (Wildman–Crippen LogP) is 3.98. The minimum Gasteiger partial charge on any atom is -0.299 e. The molecule has 0 aromatic heterocycles. The summed E-state index contributed by atoms with van der Waals surface area (Å²) in [5.74, 6) is 1.36. The van der Waals surface area contributed by atoms with Crippen LogP contribution in [0.15, 0.2) is 12.2 Å². The maximum atomic E-state index is 12.1. The molecule has 0 aromatic rings. The van der Waals surface area contributed by atoms with Crippen LogP contribution >= 0.6 is 0 Å². The summed E-state index contributed by atoms with van der Waals surface area (Å²) in [6, 6.07) is 0. The molecule has 1 aliphatic carbocycles. The number of rotatable bonds is 4. The Labute approximate surface area is 93.9 Å². The fourth-order valence-corrected chi connectivity index (χ4v) is 2.25. The van der Waals surface area contributed by atoms with Gasteiger partial charge in [0.1, 0.15) is 5.78 Å². The molecule has 0 bridgehead atoms. The highest BCUT2D eigenvalue weighted by Gasteiger charge is 2.35. The number of carbonyl (C=O) groups is 1. The van der Waals surface area contributed by atoms with Gasteiger partial charge in [-0.2, -0.15) is 0 Å². The smallest absolute Gasteiger partial charge is 0.139 e. The van der Waals surface area contributed by atoms with Crippen molar-refractivity contribution in [1.82, 2.24) is 0 Å². The molecule has 0 fully saturated rings. The molecule has 1 nitrogen and oxygen atoms in total. The molecule has 1 atom stereocenters. The third kappa shape index (κ3) is 3.19. The summed E-state index contributed by atoms with van der Waals surface area (Å²) in [6.07, 6.45) is 8.80. The number of hydrogen-bond donors (Lipinski definition) is 0. The van der Waals surface area contributed by atoms with E-state index in [1.54, 1.807) is 0 Å². The lowest BCUT2D eigenvalue weighted by molar-refractivity contribution is -0.129. The van der Waals surface area contributed by atoms with Crippen molar-refractivity contribution < 1.29 is 4.79 Å². The predicted molar refractivity (Wildman–Crippen MR) is 64.7 cm³/mol. The molecule has 86 valence electrons. The number of carbonyl (C=O) groups excluding carboxylic acids is 1. The molecule has 1 unspecified atom stereocenters. The molecule has 0 saturated heterocycles. The average molecular weight is 208 g/mol. The van der Waals surface area contributed by atoms with E-state index in [0.29, 0.717) is 17.6 Å². The second-order valence-electron chi connectivity index (χ2n) is 5.71. The van der Waals surface area contributed by atoms with Gasteiger partial charge in [-0.1, -0.05) is 39.8 Å². The standard InChI is InChI=1S/C14H24O/c1-11(2)10-13(15)14(3,4)12-8-6-5-7-9-12/h6,8,11-12H,5,7,9-10H2,1-4H3. The van der Waals surface area contributed by atoms with Crippen molar-refractivity contribution in [2.45, 2.75) is 53.4 Å². The first-order chi connectivity index (χ1) is 6.94.